The van der Waals surface area contributed by atoms with Crippen LogP contribution in [-0.2, 0) is 10.0 Å². The van der Waals surface area contributed by atoms with Crippen LogP contribution >= 0.6 is 0 Å². The highest BCUT2D eigenvalue weighted by Crippen LogP contribution is 2.26. The molecule has 102 valence electrons. The summed E-state index contributed by atoms with van der Waals surface area (Å²) in [5.74, 6) is 0.176. The third kappa shape index (κ3) is 3.34. The van der Waals surface area contributed by atoms with E-state index in [0.717, 1.165) is 0 Å². The molecule has 0 fully saturated rings. The molecule has 1 rings (SSSR count). The van der Waals surface area contributed by atoms with Crippen molar-refractivity contribution in [1.29, 1.82) is 0 Å². The topological polar surface area (TPSA) is 102 Å². The molecular weight excluding hydrogens is 256 g/mol. The zero-order chi connectivity index (χ0) is 13.8. The first-order valence-corrected chi connectivity index (χ1v) is 6.99. The molecule has 0 saturated carbocycles. The first-order valence-electron chi connectivity index (χ1n) is 5.51. The van der Waals surface area contributed by atoms with E-state index in [2.05, 4.69) is 4.72 Å². The van der Waals surface area contributed by atoms with Crippen LogP contribution in [0.2, 0.25) is 0 Å². The molecule has 4 N–H and O–H groups in total. The Balaban J connectivity index is 3.12. The maximum atomic E-state index is 12.1. The number of ether oxygens (including phenoxy) is 1. The fourth-order valence-electron chi connectivity index (χ4n) is 1.44. The van der Waals surface area contributed by atoms with Gasteiger partial charge in [-0.3, -0.25) is 0 Å². The summed E-state index contributed by atoms with van der Waals surface area (Å²) in [6.07, 6.45) is 0.493. The molecule has 1 atom stereocenters. The van der Waals surface area contributed by atoms with Crippen molar-refractivity contribution in [3.8, 4) is 5.75 Å². The third-order valence-corrected chi connectivity index (χ3v) is 4.07. The van der Waals surface area contributed by atoms with Gasteiger partial charge >= 0.3 is 0 Å². The number of hydrogen-bond acceptors (Lipinski definition) is 5. The zero-order valence-corrected chi connectivity index (χ0v) is 11.2. The standard InChI is InChI=1S/C11H18N2O4S/c1-3-9(7-14)13-18(15,16)11-5-4-8(12)6-10(11)17-2/h4-6,9,13-14H,3,7,12H2,1-2H3. The van der Waals surface area contributed by atoms with Gasteiger partial charge in [-0.25, -0.2) is 13.1 Å². The SMILES string of the molecule is CCC(CO)NS(=O)(=O)c1ccc(N)cc1OC. The molecule has 0 aliphatic rings. The molecule has 1 aromatic rings. The summed E-state index contributed by atoms with van der Waals surface area (Å²) in [5, 5.41) is 9.03. The summed E-state index contributed by atoms with van der Waals surface area (Å²) in [7, 11) is -2.36. The normalized spacial score (nSPS) is 13.3. The van der Waals surface area contributed by atoms with E-state index >= 15 is 0 Å². The molecular formula is C11H18N2O4S. The molecule has 0 spiro atoms. The van der Waals surface area contributed by atoms with Crippen molar-refractivity contribution in [3.05, 3.63) is 18.2 Å². The summed E-state index contributed by atoms with van der Waals surface area (Å²) >= 11 is 0. The van der Waals surface area contributed by atoms with Gasteiger partial charge in [-0.05, 0) is 18.6 Å². The molecule has 0 amide bonds. The van der Waals surface area contributed by atoms with Crippen molar-refractivity contribution in [2.45, 2.75) is 24.3 Å². The van der Waals surface area contributed by atoms with Crippen LogP contribution in [-0.4, -0.2) is 33.3 Å². The maximum Gasteiger partial charge on any atom is 0.244 e. The smallest absolute Gasteiger partial charge is 0.244 e. The van der Waals surface area contributed by atoms with Crippen molar-refractivity contribution in [1.82, 2.24) is 4.72 Å². The van der Waals surface area contributed by atoms with Crippen LogP contribution in [0.3, 0.4) is 0 Å². The predicted molar refractivity (Wildman–Crippen MR) is 68.9 cm³/mol. The number of sulfonamides is 1. The summed E-state index contributed by atoms with van der Waals surface area (Å²) in [4.78, 5) is 0.00565. The molecule has 18 heavy (non-hydrogen) atoms. The number of hydrogen-bond donors (Lipinski definition) is 3. The molecule has 0 aliphatic carbocycles. The van der Waals surface area contributed by atoms with Gasteiger partial charge in [0.1, 0.15) is 10.6 Å². The summed E-state index contributed by atoms with van der Waals surface area (Å²) in [5.41, 5.74) is 5.98. The lowest BCUT2D eigenvalue weighted by molar-refractivity contribution is 0.253. The van der Waals surface area contributed by atoms with E-state index in [4.69, 9.17) is 15.6 Å². The van der Waals surface area contributed by atoms with Gasteiger partial charge in [-0.15, -0.1) is 0 Å². The van der Waals surface area contributed by atoms with Gasteiger partial charge in [-0.1, -0.05) is 6.92 Å². The average Bonchev–Trinajstić information content (AvgIpc) is 2.35. The third-order valence-electron chi connectivity index (χ3n) is 2.51. The van der Waals surface area contributed by atoms with Crippen molar-refractivity contribution in [2.75, 3.05) is 19.5 Å². The summed E-state index contributed by atoms with van der Waals surface area (Å²) < 4.78 is 31.6. The Hall–Kier alpha value is -1.31. The lowest BCUT2D eigenvalue weighted by Crippen LogP contribution is -2.37. The predicted octanol–water partition coefficient (Wildman–Crippen LogP) is 0.327. The molecule has 0 bridgehead atoms. The monoisotopic (exact) mass is 274 g/mol. The molecule has 0 aliphatic heterocycles. The molecule has 1 unspecified atom stereocenters. The maximum absolute atomic E-state index is 12.1. The highest BCUT2D eigenvalue weighted by molar-refractivity contribution is 7.89. The van der Waals surface area contributed by atoms with E-state index in [1.54, 1.807) is 6.92 Å². The number of nitrogens with two attached hydrogens (primary N) is 1. The zero-order valence-electron chi connectivity index (χ0n) is 10.4. The fourth-order valence-corrected chi connectivity index (χ4v) is 2.90. The quantitative estimate of drug-likeness (QED) is 0.649. The Morgan fingerprint density at radius 2 is 2.17 bits per heavy atom. The van der Waals surface area contributed by atoms with E-state index in [0.29, 0.717) is 12.1 Å². The number of methoxy groups -OCH3 is 1. The average molecular weight is 274 g/mol. The van der Waals surface area contributed by atoms with Crippen LogP contribution < -0.4 is 15.2 Å². The number of aliphatic hydroxyl groups excluding tert-OH is 1. The van der Waals surface area contributed by atoms with Crippen molar-refractivity contribution in [2.24, 2.45) is 0 Å². The summed E-state index contributed by atoms with van der Waals surface area (Å²) in [6, 6.07) is 3.78. The van der Waals surface area contributed by atoms with E-state index < -0.39 is 16.1 Å². The van der Waals surface area contributed by atoms with Crippen LogP contribution in [0.5, 0.6) is 5.75 Å². The van der Waals surface area contributed by atoms with Gasteiger partial charge < -0.3 is 15.6 Å². The molecule has 0 heterocycles. The highest BCUT2D eigenvalue weighted by atomic mass is 32.2. The Bertz CT molecular complexity index is 498. The number of aliphatic hydroxyl groups is 1. The second-order valence-electron chi connectivity index (χ2n) is 3.82. The van der Waals surface area contributed by atoms with Crippen LogP contribution in [0.25, 0.3) is 0 Å². The van der Waals surface area contributed by atoms with Gasteiger partial charge in [-0.2, -0.15) is 0 Å². The Labute approximate surface area is 107 Å². The Morgan fingerprint density at radius 1 is 1.50 bits per heavy atom. The van der Waals surface area contributed by atoms with Gasteiger partial charge in [0, 0.05) is 17.8 Å². The Morgan fingerprint density at radius 3 is 2.67 bits per heavy atom. The largest absolute Gasteiger partial charge is 0.495 e. The minimum absolute atomic E-state index is 0.00565. The molecule has 0 saturated heterocycles. The van der Waals surface area contributed by atoms with Crippen LogP contribution in [0.4, 0.5) is 5.69 Å². The first-order chi connectivity index (χ1) is 8.44. The fraction of sp³-hybridized carbons (Fsp3) is 0.455. The minimum atomic E-state index is -3.73. The van der Waals surface area contributed by atoms with Gasteiger partial charge in [0.2, 0.25) is 10.0 Å². The number of nitrogens with one attached hydrogen (secondary N) is 1. The van der Waals surface area contributed by atoms with Crippen LogP contribution in [0, 0.1) is 0 Å². The number of anilines is 1. The minimum Gasteiger partial charge on any atom is -0.495 e. The molecule has 7 heteroatoms. The first kappa shape index (κ1) is 14.7. The molecule has 0 aromatic heterocycles. The van der Waals surface area contributed by atoms with E-state index in [1.807, 2.05) is 0 Å². The van der Waals surface area contributed by atoms with Crippen molar-refractivity contribution in [3.63, 3.8) is 0 Å². The van der Waals surface area contributed by atoms with Gasteiger partial charge in [0.15, 0.2) is 0 Å². The van der Waals surface area contributed by atoms with Gasteiger partial charge in [0.25, 0.3) is 0 Å². The highest BCUT2D eigenvalue weighted by Gasteiger charge is 2.22. The van der Waals surface area contributed by atoms with Crippen LogP contribution in [0.15, 0.2) is 23.1 Å². The lowest BCUT2D eigenvalue weighted by Gasteiger charge is -2.16. The van der Waals surface area contributed by atoms with E-state index in [9.17, 15) is 8.42 Å². The van der Waals surface area contributed by atoms with Crippen LogP contribution in [0.1, 0.15) is 13.3 Å². The molecule has 1 aromatic carbocycles. The van der Waals surface area contributed by atoms with E-state index in [1.165, 1.54) is 25.3 Å². The second-order valence-corrected chi connectivity index (χ2v) is 5.50. The van der Waals surface area contributed by atoms with Gasteiger partial charge in [0.05, 0.1) is 13.7 Å². The lowest BCUT2D eigenvalue weighted by atomic mass is 10.3. The second kappa shape index (κ2) is 6.03. The molecule has 6 nitrogen and oxygen atoms in total. The number of nitrogen functional groups attached to an aromatic ring is 1. The Kier molecular flexibility index (Phi) is 4.94. The summed E-state index contributed by atoms with van der Waals surface area (Å²) in [6.45, 7) is 1.52. The van der Waals surface area contributed by atoms with E-state index in [-0.39, 0.29) is 17.3 Å². The van der Waals surface area contributed by atoms with Crippen molar-refractivity contribution >= 4 is 15.7 Å². The number of rotatable bonds is 6. The van der Waals surface area contributed by atoms with Crippen molar-refractivity contribution < 1.29 is 18.3 Å². The number of benzene rings is 1. The molecule has 0 radical (unpaired) electrons.